The van der Waals surface area contributed by atoms with E-state index < -0.39 is 0 Å². The summed E-state index contributed by atoms with van der Waals surface area (Å²) in [5.74, 6) is 1.68. The first kappa shape index (κ1) is 20.3. The molecule has 5 nitrogen and oxygen atoms in total. The highest BCUT2D eigenvalue weighted by atomic mass is 32.1. The number of ether oxygens (including phenoxy) is 2. The van der Waals surface area contributed by atoms with Gasteiger partial charge in [-0.25, -0.2) is 4.98 Å². The second-order valence-electron chi connectivity index (χ2n) is 7.66. The standard InChI is InChI=1S/C26H23N3O2S/c1-17-8-13-24-21(14-17)22(15-25(31-24)19-6-4-3-5-7-19)28-29-26-27-23(16-32-26)18-9-11-20(30-2)12-10-18/h3-14,16,25H,15H2,1-2H3,(H,27,29). The molecule has 0 saturated heterocycles. The molecular formula is C26H23N3O2S. The Labute approximate surface area is 191 Å². The van der Waals surface area contributed by atoms with Crippen LogP contribution in [0.2, 0.25) is 0 Å². The van der Waals surface area contributed by atoms with Crippen molar-refractivity contribution in [2.45, 2.75) is 19.4 Å². The first-order valence-corrected chi connectivity index (χ1v) is 11.3. The Kier molecular flexibility index (Phi) is 5.60. The van der Waals surface area contributed by atoms with Gasteiger partial charge in [0.2, 0.25) is 5.13 Å². The van der Waals surface area contributed by atoms with Crippen LogP contribution in [0, 0.1) is 6.92 Å². The number of hydrazone groups is 1. The Morgan fingerprint density at radius 3 is 2.66 bits per heavy atom. The first-order valence-electron chi connectivity index (χ1n) is 10.4. The van der Waals surface area contributed by atoms with Crippen LogP contribution in [0.15, 0.2) is 83.3 Å². The van der Waals surface area contributed by atoms with E-state index in [1.807, 2.05) is 53.9 Å². The van der Waals surface area contributed by atoms with Crippen LogP contribution >= 0.6 is 11.3 Å². The number of anilines is 1. The molecule has 0 bridgehead atoms. The van der Waals surface area contributed by atoms with E-state index in [-0.39, 0.29) is 6.10 Å². The number of nitrogens with zero attached hydrogens (tertiary/aromatic N) is 2. The highest BCUT2D eigenvalue weighted by Crippen LogP contribution is 2.36. The number of hydrogen-bond donors (Lipinski definition) is 1. The van der Waals surface area contributed by atoms with Gasteiger partial charge in [-0.05, 0) is 48.9 Å². The molecule has 5 rings (SSSR count). The zero-order chi connectivity index (χ0) is 21.9. The Morgan fingerprint density at radius 2 is 1.88 bits per heavy atom. The van der Waals surface area contributed by atoms with Crippen molar-refractivity contribution in [3.63, 3.8) is 0 Å². The molecule has 32 heavy (non-hydrogen) atoms. The second kappa shape index (κ2) is 8.85. The number of hydrogen-bond acceptors (Lipinski definition) is 6. The SMILES string of the molecule is COc1ccc(-c2csc(NN=C3CC(c4ccccc4)Oc4ccc(C)cc43)n2)cc1. The van der Waals surface area contributed by atoms with Crippen molar-refractivity contribution in [1.29, 1.82) is 0 Å². The summed E-state index contributed by atoms with van der Waals surface area (Å²) in [5, 5.41) is 7.54. The highest BCUT2D eigenvalue weighted by Gasteiger charge is 2.26. The summed E-state index contributed by atoms with van der Waals surface area (Å²) in [4.78, 5) is 4.70. The smallest absolute Gasteiger partial charge is 0.203 e. The average Bonchev–Trinajstić information content (AvgIpc) is 3.32. The number of aryl methyl sites for hydroxylation is 1. The minimum absolute atomic E-state index is 0.0712. The molecule has 2 heterocycles. The fourth-order valence-electron chi connectivity index (χ4n) is 3.75. The summed E-state index contributed by atoms with van der Waals surface area (Å²) in [7, 11) is 1.66. The Hall–Kier alpha value is -3.64. The van der Waals surface area contributed by atoms with Gasteiger partial charge >= 0.3 is 0 Å². The largest absolute Gasteiger partial charge is 0.497 e. The van der Waals surface area contributed by atoms with Gasteiger partial charge in [0.25, 0.3) is 0 Å². The van der Waals surface area contributed by atoms with Gasteiger partial charge in [0, 0.05) is 22.9 Å². The van der Waals surface area contributed by atoms with E-state index in [1.54, 1.807) is 7.11 Å². The Bertz CT molecular complexity index is 1250. The van der Waals surface area contributed by atoms with E-state index in [0.717, 1.165) is 44.7 Å². The van der Waals surface area contributed by atoms with Crippen LogP contribution in [0.25, 0.3) is 11.3 Å². The number of nitrogens with one attached hydrogen (secondary N) is 1. The number of aromatic nitrogens is 1. The number of thiazole rings is 1. The number of fused-ring (bicyclic) bond motifs is 1. The fraction of sp³-hybridized carbons (Fsp3) is 0.154. The van der Waals surface area contributed by atoms with Gasteiger partial charge in [-0.2, -0.15) is 5.10 Å². The summed E-state index contributed by atoms with van der Waals surface area (Å²) < 4.78 is 11.5. The summed E-state index contributed by atoms with van der Waals surface area (Å²) >= 11 is 1.53. The van der Waals surface area contributed by atoms with Crippen LogP contribution in [-0.2, 0) is 0 Å². The molecule has 0 saturated carbocycles. The van der Waals surface area contributed by atoms with Crippen molar-refractivity contribution in [3.05, 3.63) is 94.9 Å². The molecule has 0 spiro atoms. The number of rotatable bonds is 5. The van der Waals surface area contributed by atoms with E-state index in [4.69, 9.17) is 19.6 Å². The van der Waals surface area contributed by atoms with Gasteiger partial charge in [0.1, 0.15) is 17.6 Å². The van der Waals surface area contributed by atoms with Crippen molar-refractivity contribution < 1.29 is 9.47 Å². The van der Waals surface area contributed by atoms with Crippen molar-refractivity contribution in [1.82, 2.24) is 4.98 Å². The molecule has 0 aliphatic carbocycles. The van der Waals surface area contributed by atoms with Crippen molar-refractivity contribution in [3.8, 4) is 22.8 Å². The lowest BCUT2D eigenvalue weighted by molar-refractivity contribution is 0.206. The van der Waals surface area contributed by atoms with Crippen molar-refractivity contribution >= 4 is 22.2 Å². The number of methoxy groups -OCH3 is 1. The maximum Gasteiger partial charge on any atom is 0.203 e. The summed E-state index contributed by atoms with van der Waals surface area (Å²) in [6, 6.07) is 24.4. The average molecular weight is 442 g/mol. The zero-order valence-corrected chi connectivity index (χ0v) is 18.7. The van der Waals surface area contributed by atoms with Gasteiger partial charge in [0.05, 0.1) is 18.5 Å². The van der Waals surface area contributed by atoms with E-state index in [1.165, 1.54) is 16.9 Å². The Morgan fingerprint density at radius 1 is 1.06 bits per heavy atom. The van der Waals surface area contributed by atoms with Gasteiger partial charge in [0.15, 0.2) is 0 Å². The van der Waals surface area contributed by atoms with Crippen LogP contribution in [-0.4, -0.2) is 17.8 Å². The lowest BCUT2D eigenvalue weighted by Crippen LogP contribution is -2.22. The molecule has 1 aliphatic heterocycles. The summed E-state index contributed by atoms with van der Waals surface area (Å²) in [6.45, 7) is 2.08. The molecule has 0 fully saturated rings. The molecule has 1 aromatic heterocycles. The van der Waals surface area contributed by atoms with Gasteiger partial charge in [-0.3, -0.25) is 5.43 Å². The highest BCUT2D eigenvalue weighted by molar-refractivity contribution is 7.14. The molecule has 1 atom stereocenters. The van der Waals surface area contributed by atoms with Crippen LogP contribution in [0.4, 0.5) is 5.13 Å². The van der Waals surface area contributed by atoms with Gasteiger partial charge in [-0.15, -0.1) is 11.3 Å². The normalized spacial score (nSPS) is 16.3. The molecule has 1 N–H and O–H groups in total. The third-order valence-electron chi connectivity index (χ3n) is 5.44. The molecular weight excluding hydrogens is 418 g/mol. The third kappa shape index (κ3) is 4.22. The van der Waals surface area contributed by atoms with Crippen LogP contribution in [0.1, 0.15) is 29.2 Å². The topological polar surface area (TPSA) is 55.7 Å². The zero-order valence-electron chi connectivity index (χ0n) is 17.9. The maximum atomic E-state index is 6.30. The quantitative estimate of drug-likeness (QED) is 0.361. The molecule has 160 valence electrons. The Balaban J connectivity index is 1.41. The van der Waals surface area contributed by atoms with Gasteiger partial charge < -0.3 is 9.47 Å². The minimum atomic E-state index is -0.0712. The van der Waals surface area contributed by atoms with Crippen molar-refractivity contribution in [2.24, 2.45) is 5.10 Å². The lowest BCUT2D eigenvalue weighted by Gasteiger charge is -2.27. The van der Waals surface area contributed by atoms with E-state index in [2.05, 4.69) is 36.6 Å². The molecule has 6 heteroatoms. The second-order valence-corrected chi connectivity index (χ2v) is 8.52. The predicted octanol–water partition coefficient (Wildman–Crippen LogP) is 6.47. The molecule has 0 amide bonds. The predicted molar refractivity (Wildman–Crippen MR) is 130 cm³/mol. The van der Waals surface area contributed by atoms with E-state index >= 15 is 0 Å². The van der Waals surface area contributed by atoms with Gasteiger partial charge in [-0.1, -0.05) is 42.0 Å². The monoisotopic (exact) mass is 441 g/mol. The van der Waals surface area contributed by atoms with E-state index in [0.29, 0.717) is 6.42 Å². The van der Waals surface area contributed by atoms with Crippen LogP contribution < -0.4 is 14.9 Å². The third-order valence-corrected chi connectivity index (χ3v) is 6.19. The molecule has 3 aromatic carbocycles. The van der Waals surface area contributed by atoms with E-state index in [9.17, 15) is 0 Å². The molecule has 4 aromatic rings. The number of benzene rings is 3. The summed E-state index contributed by atoms with van der Waals surface area (Å²) in [5.41, 5.74) is 9.43. The lowest BCUT2D eigenvalue weighted by atomic mass is 9.94. The van der Waals surface area contributed by atoms with Crippen LogP contribution in [0.5, 0.6) is 11.5 Å². The van der Waals surface area contributed by atoms with Crippen LogP contribution in [0.3, 0.4) is 0 Å². The first-order chi connectivity index (χ1) is 15.7. The minimum Gasteiger partial charge on any atom is -0.497 e. The fourth-order valence-corrected chi connectivity index (χ4v) is 4.41. The molecule has 1 unspecified atom stereocenters. The van der Waals surface area contributed by atoms with Crippen molar-refractivity contribution in [2.75, 3.05) is 12.5 Å². The molecule has 0 radical (unpaired) electrons. The molecule has 1 aliphatic rings. The summed E-state index contributed by atoms with van der Waals surface area (Å²) in [6.07, 6.45) is 0.614. The maximum absolute atomic E-state index is 6.30.